The smallest absolute Gasteiger partial charge is 0.328 e. The molecule has 1 aromatic carbocycles. The predicted molar refractivity (Wildman–Crippen MR) is 68.4 cm³/mol. The summed E-state index contributed by atoms with van der Waals surface area (Å²) in [7, 11) is 1.35. The van der Waals surface area contributed by atoms with E-state index >= 15 is 0 Å². The zero-order chi connectivity index (χ0) is 15.6. The van der Waals surface area contributed by atoms with Gasteiger partial charge in [-0.05, 0) is 12.1 Å². The van der Waals surface area contributed by atoms with Gasteiger partial charge in [-0.2, -0.15) is 0 Å². The zero-order valence-corrected chi connectivity index (χ0v) is 11.1. The number of rotatable bonds is 3. The number of hydrogen-bond donors (Lipinski definition) is 2. The van der Waals surface area contributed by atoms with Gasteiger partial charge in [0.1, 0.15) is 24.2 Å². The van der Waals surface area contributed by atoms with Crippen molar-refractivity contribution in [3.05, 3.63) is 29.6 Å². The molecule has 2 rings (SSSR count). The lowest BCUT2D eigenvalue weighted by molar-refractivity contribution is -0.144. The molecular formula is C13H13FN2O5. The van der Waals surface area contributed by atoms with Gasteiger partial charge in [-0.1, -0.05) is 0 Å². The molecule has 0 radical (unpaired) electrons. The third-order valence-corrected chi connectivity index (χ3v) is 3.14. The maximum absolute atomic E-state index is 13.9. The second-order valence-electron chi connectivity index (χ2n) is 4.44. The average Bonchev–Trinajstić information content (AvgIpc) is 2.45. The van der Waals surface area contributed by atoms with Crippen LogP contribution < -0.4 is 10.1 Å². The van der Waals surface area contributed by atoms with Crippen LogP contribution in [-0.4, -0.2) is 54.0 Å². The second-order valence-corrected chi connectivity index (χ2v) is 4.44. The largest absolute Gasteiger partial charge is 0.497 e. The maximum atomic E-state index is 13.9. The van der Waals surface area contributed by atoms with E-state index in [0.717, 1.165) is 11.0 Å². The summed E-state index contributed by atoms with van der Waals surface area (Å²) in [6, 6.07) is 2.38. The molecule has 1 aromatic rings. The van der Waals surface area contributed by atoms with E-state index in [2.05, 4.69) is 5.32 Å². The van der Waals surface area contributed by atoms with E-state index in [1.165, 1.54) is 19.2 Å². The topological polar surface area (TPSA) is 95.9 Å². The molecule has 1 aliphatic heterocycles. The number of piperazine rings is 1. The molecule has 7 nitrogen and oxygen atoms in total. The number of hydrogen-bond acceptors (Lipinski definition) is 4. The van der Waals surface area contributed by atoms with Crippen molar-refractivity contribution in [2.75, 3.05) is 20.2 Å². The Labute approximate surface area is 119 Å². The van der Waals surface area contributed by atoms with Crippen molar-refractivity contribution in [2.45, 2.75) is 6.04 Å². The van der Waals surface area contributed by atoms with Crippen LogP contribution in [0.15, 0.2) is 18.2 Å². The molecule has 1 fully saturated rings. The van der Waals surface area contributed by atoms with E-state index in [0.29, 0.717) is 0 Å². The van der Waals surface area contributed by atoms with Gasteiger partial charge in [0, 0.05) is 12.6 Å². The summed E-state index contributed by atoms with van der Waals surface area (Å²) in [4.78, 5) is 35.6. The molecule has 0 saturated carbocycles. The highest BCUT2D eigenvalue weighted by Crippen LogP contribution is 2.19. The fraction of sp³-hybridized carbons (Fsp3) is 0.308. The molecule has 2 N–H and O–H groups in total. The van der Waals surface area contributed by atoms with Crippen molar-refractivity contribution in [3.63, 3.8) is 0 Å². The minimum Gasteiger partial charge on any atom is -0.497 e. The number of carboxylic acid groups (broad SMARTS) is 1. The van der Waals surface area contributed by atoms with Gasteiger partial charge < -0.3 is 20.1 Å². The molecule has 21 heavy (non-hydrogen) atoms. The van der Waals surface area contributed by atoms with Gasteiger partial charge in [-0.15, -0.1) is 0 Å². The van der Waals surface area contributed by atoms with Crippen LogP contribution in [0, 0.1) is 5.82 Å². The third-order valence-electron chi connectivity index (χ3n) is 3.14. The van der Waals surface area contributed by atoms with Crippen molar-refractivity contribution >= 4 is 17.8 Å². The fourth-order valence-corrected chi connectivity index (χ4v) is 2.03. The standard InChI is InChI=1S/C13H13FN2O5/c1-21-7-2-3-8(9(14)4-7)12(18)16-6-11(17)15-5-10(16)13(19)20/h2-4,10H,5-6H2,1H3,(H,15,17)(H,19,20). The number of benzene rings is 1. The Balaban J connectivity index is 2.32. The molecule has 0 spiro atoms. The summed E-state index contributed by atoms with van der Waals surface area (Å²) >= 11 is 0. The average molecular weight is 296 g/mol. The van der Waals surface area contributed by atoms with Crippen LogP contribution in [0.3, 0.4) is 0 Å². The zero-order valence-electron chi connectivity index (χ0n) is 11.1. The minimum absolute atomic E-state index is 0.211. The number of ether oxygens (including phenoxy) is 1. The number of nitrogens with one attached hydrogen (secondary N) is 1. The van der Waals surface area contributed by atoms with Gasteiger partial charge in [-0.3, -0.25) is 9.59 Å². The van der Waals surface area contributed by atoms with Gasteiger partial charge in [0.25, 0.3) is 5.91 Å². The molecule has 1 aliphatic rings. The van der Waals surface area contributed by atoms with E-state index in [1.54, 1.807) is 0 Å². The van der Waals surface area contributed by atoms with E-state index in [4.69, 9.17) is 9.84 Å². The molecule has 1 saturated heterocycles. The predicted octanol–water partition coefficient (Wildman–Crippen LogP) is -0.141. The number of amides is 2. The first-order chi connectivity index (χ1) is 9.93. The van der Waals surface area contributed by atoms with Gasteiger partial charge >= 0.3 is 5.97 Å². The van der Waals surface area contributed by atoms with Crippen LogP contribution in [-0.2, 0) is 9.59 Å². The normalized spacial score (nSPS) is 18.1. The first-order valence-electron chi connectivity index (χ1n) is 6.08. The van der Waals surface area contributed by atoms with Crippen molar-refractivity contribution in [2.24, 2.45) is 0 Å². The first kappa shape index (κ1) is 14.8. The Morgan fingerprint density at radius 2 is 2.19 bits per heavy atom. The highest BCUT2D eigenvalue weighted by Gasteiger charge is 2.36. The lowest BCUT2D eigenvalue weighted by Crippen LogP contribution is -2.59. The number of carbonyl (C=O) groups is 3. The summed E-state index contributed by atoms with van der Waals surface area (Å²) in [5.74, 6) is -3.21. The van der Waals surface area contributed by atoms with E-state index < -0.39 is 36.2 Å². The molecule has 0 bridgehead atoms. The van der Waals surface area contributed by atoms with Crippen molar-refractivity contribution < 1.29 is 28.6 Å². The number of carboxylic acids is 1. The van der Waals surface area contributed by atoms with Crippen molar-refractivity contribution in [1.29, 1.82) is 0 Å². The maximum Gasteiger partial charge on any atom is 0.328 e. The highest BCUT2D eigenvalue weighted by atomic mass is 19.1. The monoisotopic (exact) mass is 296 g/mol. The molecule has 8 heteroatoms. The first-order valence-corrected chi connectivity index (χ1v) is 6.08. The number of carbonyl (C=O) groups excluding carboxylic acids is 2. The Bertz CT molecular complexity index is 604. The SMILES string of the molecule is COc1ccc(C(=O)N2CC(=O)NCC2C(=O)O)c(F)c1. The fourth-order valence-electron chi connectivity index (χ4n) is 2.03. The summed E-state index contributed by atoms with van der Waals surface area (Å²) < 4.78 is 18.7. The van der Waals surface area contributed by atoms with E-state index in [-0.39, 0.29) is 17.9 Å². The lowest BCUT2D eigenvalue weighted by atomic mass is 10.1. The quantitative estimate of drug-likeness (QED) is 0.809. The molecule has 0 aliphatic carbocycles. The molecule has 1 heterocycles. The molecule has 1 atom stereocenters. The Morgan fingerprint density at radius 3 is 2.76 bits per heavy atom. The highest BCUT2D eigenvalue weighted by molar-refractivity contribution is 6.00. The molecule has 2 amide bonds. The molecule has 112 valence electrons. The second kappa shape index (κ2) is 5.78. The van der Waals surface area contributed by atoms with E-state index in [9.17, 15) is 18.8 Å². The summed E-state index contributed by atoms with van der Waals surface area (Å²) in [5, 5.41) is 11.4. The van der Waals surface area contributed by atoms with Crippen molar-refractivity contribution in [1.82, 2.24) is 10.2 Å². The number of halogens is 1. The molecule has 1 unspecified atom stereocenters. The summed E-state index contributed by atoms with van der Waals surface area (Å²) in [5.41, 5.74) is -0.309. The Morgan fingerprint density at radius 1 is 1.48 bits per heavy atom. The Hall–Kier alpha value is -2.64. The summed E-state index contributed by atoms with van der Waals surface area (Å²) in [6.45, 7) is -0.640. The van der Waals surface area contributed by atoms with Gasteiger partial charge in [0.05, 0.1) is 12.7 Å². The van der Waals surface area contributed by atoms with Gasteiger partial charge in [0.2, 0.25) is 5.91 Å². The van der Waals surface area contributed by atoms with Gasteiger partial charge in [-0.25, -0.2) is 9.18 Å². The lowest BCUT2D eigenvalue weighted by Gasteiger charge is -2.32. The van der Waals surface area contributed by atoms with Crippen LogP contribution in [0.4, 0.5) is 4.39 Å². The summed E-state index contributed by atoms with van der Waals surface area (Å²) in [6.07, 6.45) is 0. The Kier molecular flexibility index (Phi) is 4.06. The van der Waals surface area contributed by atoms with Gasteiger partial charge in [0.15, 0.2) is 0 Å². The minimum atomic E-state index is -1.27. The molecular weight excluding hydrogens is 283 g/mol. The van der Waals surface area contributed by atoms with E-state index in [1.807, 2.05) is 0 Å². The van der Waals surface area contributed by atoms with Crippen LogP contribution in [0.2, 0.25) is 0 Å². The number of aliphatic carboxylic acids is 1. The molecule has 0 aromatic heterocycles. The van der Waals surface area contributed by atoms with Crippen molar-refractivity contribution in [3.8, 4) is 5.75 Å². The number of methoxy groups -OCH3 is 1. The van der Waals surface area contributed by atoms with Crippen LogP contribution in [0.1, 0.15) is 10.4 Å². The van der Waals surface area contributed by atoms with Crippen LogP contribution in [0.25, 0.3) is 0 Å². The third kappa shape index (κ3) is 2.93. The number of nitrogens with zero attached hydrogens (tertiary/aromatic N) is 1. The van der Waals surface area contributed by atoms with Crippen LogP contribution >= 0.6 is 0 Å². The van der Waals surface area contributed by atoms with Crippen LogP contribution in [0.5, 0.6) is 5.75 Å².